The van der Waals surface area contributed by atoms with Crippen molar-refractivity contribution >= 4 is 17.8 Å². The Morgan fingerprint density at radius 1 is 1.38 bits per heavy atom. The number of nitrogens with zero attached hydrogens (tertiary/aromatic N) is 1. The van der Waals surface area contributed by atoms with Gasteiger partial charge in [-0.25, -0.2) is 0 Å². The third kappa shape index (κ3) is 3.96. The molecule has 3 atom stereocenters. The van der Waals surface area contributed by atoms with E-state index in [2.05, 4.69) is 5.32 Å². The summed E-state index contributed by atoms with van der Waals surface area (Å²) < 4.78 is 5.06. The Balaban J connectivity index is 2.04. The number of nitrogens with one attached hydrogen (secondary N) is 1. The number of amides is 2. The van der Waals surface area contributed by atoms with Gasteiger partial charge in [-0.15, -0.1) is 0 Å². The van der Waals surface area contributed by atoms with Crippen LogP contribution in [0.3, 0.4) is 0 Å². The van der Waals surface area contributed by atoms with E-state index >= 15 is 0 Å². The second-order valence-corrected chi connectivity index (χ2v) is 6.67. The average Bonchev–Trinajstić information content (AvgIpc) is 3.05. The maximum absolute atomic E-state index is 12.8. The first-order valence-corrected chi connectivity index (χ1v) is 8.17. The Bertz CT molecular complexity index is 596. The summed E-state index contributed by atoms with van der Waals surface area (Å²) in [5.41, 5.74) is 0. The first-order valence-electron chi connectivity index (χ1n) is 8.17. The van der Waals surface area contributed by atoms with Gasteiger partial charge in [0.1, 0.15) is 6.04 Å². The van der Waals surface area contributed by atoms with E-state index in [4.69, 9.17) is 4.42 Å². The Kier molecular flexibility index (Phi) is 5.64. The number of furan rings is 1. The number of likely N-dealkylation sites (tertiary alicyclic amines) is 1. The zero-order valence-corrected chi connectivity index (χ0v) is 14.2. The highest BCUT2D eigenvalue weighted by Crippen LogP contribution is 2.24. The molecule has 1 saturated heterocycles. The zero-order valence-electron chi connectivity index (χ0n) is 14.2. The van der Waals surface area contributed by atoms with Crippen molar-refractivity contribution in [1.82, 2.24) is 10.2 Å². The Morgan fingerprint density at radius 2 is 2.08 bits per heavy atom. The van der Waals surface area contributed by atoms with Gasteiger partial charge in [0.25, 0.3) is 5.91 Å². The molecule has 3 unspecified atom stereocenters. The van der Waals surface area contributed by atoms with Crippen LogP contribution in [-0.2, 0) is 9.59 Å². The summed E-state index contributed by atoms with van der Waals surface area (Å²) in [5, 5.41) is 11.9. The SMILES string of the molecule is CC(C)C(NC(=O)c1ccco1)C(=O)N1CCC(C(=O)O)C(C)C1. The number of carboxylic acids is 1. The molecule has 1 aliphatic heterocycles. The van der Waals surface area contributed by atoms with Crippen molar-refractivity contribution in [2.45, 2.75) is 33.2 Å². The minimum atomic E-state index is -0.818. The lowest BCUT2D eigenvalue weighted by atomic mass is 9.86. The van der Waals surface area contributed by atoms with Gasteiger partial charge in [-0.1, -0.05) is 20.8 Å². The summed E-state index contributed by atoms with van der Waals surface area (Å²) in [6, 6.07) is 2.48. The molecule has 1 aromatic heterocycles. The maximum atomic E-state index is 12.8. The fourth-order valence-electron chi connectivity index (χ4n) is 3.04. The van der Waals surface area contributed by atoms with Crippen LogP contribution in [0.4, 0.5) is 0 Å². The highest BCUT2D eigenvalue weighted by Gasteiger charge is 2.36. The number of carbonyl (C=O) groups is 3. The van der Waals surface area contributed by atoms with Crippen LogP contribution in [0.25, 0.3) is 0 Å². The highest BCUT2D eigenvalue weighted by atomic mass is 16.4. The van der Waals surface area contributed by atoms with E-state index < -0.39 is 23.8 Å². The van der Waals surface area contributed by atoms with E-state index in [1.807, 2.05) is 20.8 Å². The average molecular weight is 336 g/mol. The molecule has 0 aromatic carbocycles. The molecule has 0 bridgehead atoms. The van der Waals surface area contributed by atoms with E-state index in [-0.39, 0.29) is 23.5 Å². The molecule has 1 fully saturated rings. The summed E-state index contributed by atoms with van der Waals surface area (Å²) in [7, 11) is 0. The van der Waals surface area contributed by atoms with Gasteiger partial charge in [0.15, 0.2) is 5.76 Å². The third-order valence-corrected chi connectivity index (χ3v) is 4.50. The highest BCUT2D eigenvalue weighted by molar-refractivity contribution is 5.95. The van der Waals surface area contributed by atoms with Crippen LogP contribution >= 0.6 is 0 Å². The van der Waals surface area contributed by atoms with Gasteiger partial charge in [-0.3, -0.25) is 14.4 Å². The maximum Gasteiger partial charge on any atom is 0.306 e. The Hall–Kier alpha value is -2.31. The second kappa shape index (κ2) is 7.51. The molecule has 0 saturated carbocycles. The molecule has 2 rings (SSSR count). The van der Waals surface area contributed by atoms with E-state index in [1.54, 1.807) is 11.0 Å². The van der Waals surface area contributed by atoms with E-state index in [0.717, 1.165) is 0 Å². The van der Waals surface area contributed by atoms with E-state index in [0.29, 0.717) is 19.5 Å². The molecule has 132 valence electrons. The molecule has 1 aromatic rings. The van der Waals surface area contributed by atoms with Gasteiger partial charge >= 0.3 is 5.97 Å². The number of hydrogen-bond acceptors (Lipinski definition) is 4. The van der Waals surface area contributed by atoms with Crippen LogP contribution in [0, 0.1) is 17.8 Å². The van der Waals surface area contributed by atoms with Gasteiger partial charge in [0.2, 0.25) is 5.91 Å². The molecule has 7 nitrogen and oxygen atoms in total. The summed E-state index contributed by atoms with van der Waals surface area (Å²) in [4.78, 5) is 37.8. The molecule has 0 aliphatic carbocycles. The van der Waals surface area contributed by atoms with E-state index in [1.165, 1.54) is 12.3 Å². The molecular weight excluding hydrogens is 312 g/mol. The molecule has 24 heavy (non-hydrogen) atoms. The molecule has 2 heterocycles. The Labute approximate surface area is 141 Å². The number of carboxylic acid groups (broad SMARTS) is 1. The van der Waals surface area contributed by atoms with Crippen LogP contribution < -0.4 is 5.32 Å². The van der Waals surface area contributed by atoms with Crippen molar-refractivity contribution in [1.29, 1.82) is 0 Å². The predicted molar refractivity (Wildman–Crippen MR) is 86.3 cm³/mol. The van der Waals surface area contributed by atoms with Crippen LogP contribution in [0.15, 0.2) is 22.8 Å². The largest absolute Gasteiger partial charge is 0.481 e. The van der Waals surface area contributed by atoms with Crippen LogP contribution in [-0.4, -0.2) is 46.9 Å². The quantitative estimate of drug-likeness (QED) is 0.851. The van der Waals surface area contributed by atoms with Crippen LogP contribution in [0.1, 0.15) is 37.7 Å². The smallest absolute Gasteiger partial charge is 0.306 e. The molecule has 1 aliphatic rings. The van der Waals surface area contributed by atoms with Crippen molar-refractivity contribution < 1.29 is 23.9 Å². The minimum absolute atomic E-state index is 0.0936. The molecule has 0 spiro atoms. The van der Waals surface area contributed by atoms with Crippen molar-refractivity contribution in [2.75, 3.05) is 13.1 Å². The number of hydrogen-bond donors (Lipinski definition) is 2. The first-order chi connectivity index (χ1) is 11.3. The number of piperidine rings is 1. The zero-order chi connectivity index (χ0) is 17.9. The lowest BCUT2D eigenvalue weighted by molar-refractivity contribution is -0.149. The second-order valence-electron chi connectivity index (χ2n) is 6.67. The third-order valence-electron chi connectivity index (χ3n) is 4.50. The van der Waals surface area contributed by atoms with Crippen molar-refractivity contribution in [2.24, 2.45) is 17.8 Å². The van der Waals surface area contributed by atoms with Gasteiger partial charge in [0.05, 0.1) is 12.2 Å². The predicted octanol–water partition coefficient (Wildman–Crippen LogP) is 1.60. The van der Waals surface area contributed by atoms with Crippen molar-refractivity contribution in [3.05, 3.63) is 24.2 Å². The standard InChI is InChI=1S/C17H24N2O5/c1-10(2)14(18-15(20)13-5-4-8-24-13)16(21)19-7-6-12(17(22)23)11(3)9-19/h4-5,8,10-12,14H,6-7,9H2,1-3H3,(H,18,20)(H,22,23). The fourth-order valence-corrected chi connectivity index (χ4v) is 3.04. The van der Waals surface area contributed by atoms with Crippen LogP contribution in [0.2, 0.25) is 0 Å². The lowest BCUT2D eigenvalue weighted by Gasteiger charge is -2.37. The van der Waals surface area contributed by atoms with Crippen LogP contribution in [0.5, 0.6) is 0 Å². The molecule has 0 radical (unpaired) electrons. The molecule has 7 heteroatoms. The molecular formula is C17H24N2O5. The van der Waals surface area contributed by atoms with Crippen molar-refractivity contribution in [3.8, 4) is 0 Å². The summed E-state index contributed by atoms with van der Waals surface area (Å²) in [6.45, 7) is 6.33. The van der Waals surface area contributed by atoms with Crippen molar-refractivity contribution in [3.63, 3.8) is 0 Å². The van der Waals surface area contributed by atoms with Gasteiger partial charge in [-0.05, 0) is 30.4 Å². The molecule has 2 amide bonds. The number of rotatable bonds is 5. The van der Waals surface area contributed by atoms with E-state index in [9.17, 15) is 19.5 Å². The van der Waals surface area contributed by atoms with Gasteiger partial charge < -0.3 is 19.7 Å². The van der Waals surface area contributed by atoms with Gasteiger partial charge in [-0.2, -0.15) is 0 Å². The number of aliphatic carboxylic acids is 1. The minimum Gasteiger partial charge on any atom is -0.481 e. The van der Waals surface area contributed by atoms with Gasteiger partial charge in [0, 0.05) is 13.1 Å². The lowest BCUT2D eigenvalue weighted by Crippen LogP contribution is -2.54. The first kappa shape index (κ1) is 18.0. The normalized spacial score (nSPS) is 22.2. The summed E-state index contributed by atoms with van der Waals surface area (Å²) in [6.07, 6.45) is 1.83. The number of carbonyl (C=O) groups excluding carboxylic acids is 2. The molecule has 2 N–H and O–H groups in total. The topological polar surface area (TPSA) is 99.9 Å². The monoisotopic (exact) mass is 336 g/mol. The Morgan fingerprint density at radius 3 is 2.58 bits per heavy atom. The fraction of sp³-hybridized carbons (Fsp3) is 0.588. The summed E-state index contributed by atoms with van der Waals surface area (Å²) >= 11 is 0. The summed E-state index contributed by atoms with van der Waals surface area (Å²) in [5.74, 6) is -1.91.